The highest BCUT2D eigenvalue weighted by Gasteiger charge is 2.30. The number of carboxylic acids is 1. The fourth-order valence-electron chi connectivity index (χ4n) is 1.07. The molecule has 0 rings (SSSR count). The first-order valence-electron chi connectivity index (χ1n) is 4.71. The zero-order valence-electron chi connectivity index (χ0n) is 8.84. The Labute approximate surface area is 88.7 Å². The molecule has 0 aliphatic rings. The highest BCUT2D eigenvalue weighted by atomic mass is 16.4. The van der Waals surface area contributed by atoms with Crippen LogP contribution >= 0.6 is 0 Å². The Kier molecular flexibility index (Phi) is 5.65. The van der Waals surface area contributed by atoms with E-state index in [1.807, 2.05) is 0 Å². The standard InChI is InChI=1S/C8H19N5O2/c1-8(13-11,6(14)15)4-2-3-5-12-7(9)10/h13H,2-5,11H2,1H3,(H,14,15)(H4,9,10,12)/t8-/m0/s1. The van der Waals surface area contributed by atoms with E-state index >= 15 is 0 Å². The molecular formula is C8H19N5O2. The lowest BCUT2D eigenvalue weighted by atomic mass is 9.96. The first-order chi connectivity index (χ1) is 6.92. The third-order valence-corrected chi connectivity index (χ3v) is 2.21. The summed E-state index contributed by atoms with van der Waals surface area (Å²) in [5, 5.41) is 18.4. The lowest BCUT2D eigenvalue weighted by Gasteiger charge is -2.23. The highest BCUT2D eigenvalue weighted by Crippen LogP contribution is 2.12. The minimum atomic E-state index is -1.09. The molecule has 0 radical (unpaired) electrons. The fraction of sp³-hybridized carbons (Fsp3) is 0.750. The molecule has 88 valence electrons. The zero-order chi connectivity index (χ0) is 11.9. The largest absolute Gasteiger partial charge is 0.480 e. The molecule has 0 unspecified atom stereocenters. The van der Waals surface area contributed by atoms with E-state index in [-0.39, 0.29) is 5.96 Å². The molecule has 0 aromatic heterocycles. The summed E-state index contributed by atoms with van der Waals surface area (Å²) in [6, 6.07) is 0. The van der Waals surface area contributed by atoms with Crippen LogP contribution in [0.1, 0.15) is 26.2 Å². The average molecular weight is 217 g/mol. The number of aliphatic carboxylic acids is 1. The summed E-state index contributed by atoms with van der Waals surface area (Å²) < 4.78 is 0. The number of hydrazine groups is 1. The summed E-state index contributed by atoms with van der Waals surface area (Å²) in [4.78, 5) is 10.8. The molecule has 0 aromatic rings. The van der Waals surface area contributed by atoms with E-state index in [1.54, 1.807) is 0 Å². The molecule has 0 saturated carbocycles. The number of nitrogens with one attached hydrogen (secondary N) is 3. The number of hydrogen-bond acceptors (Lipinski definition) is 4. The molecule has 8 N–H and O–H groups in total. The monoisotopic (exact) mass is 217 g/mol. The molecule has 1 atom stereocenters. The lowest BCUT2D eigenvalue weighted by molar-refractivity contribution is -0.144. The van der Waals surface area contributed by atoms with Gasteiger partial charge in [-0.3, -0.25) is 16.0 Å². The van der Waals surface area contributed by atoms with Crippen LogP contribution in [-0.2, 0) is 4.79 Å². The van der Waals surface area contributed by atoms with Gasteiger partial charge in [0.05, 0.1) is 0 Å². The van der Waals surface area contributed by atoms with Crippen LogP contribution in [-0.4, -0.2) is 29.1 Å². The van der Waals surface area contributed by atoms with Gasteiger partial charge in [0.1, 0.15) is 5.54 Å². The van der Waals surface area contributed by atoms with Crippen molar-refractivity contribution < 1.29 is 9.90 Å². The van der Waals surface area contributed by atoms with Gasteiger partial charge in [0.25, 0.3) is 0 Å². The number of hydrogen-bond donors (Lipinski definition) is 6. The van der Waals surface area contributed by atoms with E-state index in [0.717, 1.165) is 6.42 Å². The zero-order valence-corrected chi connectivity index (χ0v) is 8.84. The van der Waals surface area contributed by atoms with Crippen molar-refractivity contribution in [1.29, 1.82) is 5.41 Å². The molecular weight excluding hydrogens is 198 g/mol. The van der Waals surface area contributed by atoms with Crippen LogP contribution in [0.15, 0.2) is 0 Å². The normalized spacial score (nSPS) is 14.3. The van der Waals surface area contributed by atoms with Crippen molar-refractivity contribution in [2.24, 2.45) is 11.6 Å². The maximum absolute atomic E-state index is 10.8. The van der Waals surface area contributed by atoms with Crippen LogP contribution in [0.25, 0.3) is 0 Å². The molecule has 0 aromatic carbocycles. The Bertz CT molecular complexity index is 233. The quantitative estimate of drug-likeness (QED) is 0.106. The molecule has 7 heteroatoms. The van der Waals surface area contributed by atoms with E-state index in [4.69, 9.17) is 22.1 Å². The first-order valence-corrected chi connectivity index (χ1v) is 4.71. The Balaban J connectivity index is 3.73. The van der Waals surface area contributed by atoms with Crippen molar-refractivity contribution in [3.63, 3.8) is 0 Å². The minimum Gasteiger partial charge on any atom is -0.480 e. The van der Waals surface area contributed by atoms with Crippen LogP contribution in [0.2, 0.25) is 0 Å². The minimum absolute atomic E-state index is 0.0760. The van der Waals surface area contributed by atoms with Gasteiger partial charge in [0.2, 0.25) is 0 Å². The molecule has 0 aliphatic carbocycles. The van der Waals surface area contributed by atoms with Crippen LogP contribution < -0.4 is 22.3 Å². The maximum Gasteiger partial charge on any atom is 0.324 e. The number of carboxylic acid groups (broad SMARTS) is 1. The van der Waals surface area contributed by atoms with Gasteiger partial charge in [-0.1, -0.05) is 0 Å². The van der Waals surface area contributed by atoms with Crippen LogP contribution in [0.3, 0.4) is 0 Å². The van der Waals surface area contributed by atoms with Crippen molar-refractivity contribution in [3.05, 3.63) is 0 Å². The van der Waals surface area contributed by atoms with E-state index < -0.39 is 11.5 Å². The van der Waals surface area contributed by atoms with Gasteiger partial charge in [-0.25, -0.2) is 5.43 Å². The third-order valence-electron chi connectivity index (χ3n) is 2.21. The molecule has 0 aliphatic heterocycles. The van der Waals surface area contributed by atoms with Gasteiger partial charge in [-0.2, -0.15) is 0 Å². The van der Waals surface area contributed by atoms with Crippen molar-refractivity contribution >= 4 is 11.9 Å². The summed E-state index contributed by atoms with van der Waals surface area (Å²) in [6.07, 6.45) is 1.86. The van der Waals surface area contributed by atoms with Crippen molar-refractivity contribution in [1.82, 2.24) is 10.7 Å². The predicted octanol–water partition coefficient (Wildman–Crippen LogP) is -1.05. The van der Waals surface area contributed by atoms with Gasteiger partial charge in [0, 0.05) is 6.54 Å². The summed E-state index contributed by atoms with van der Waals surface area (Å²) in [5.41, 5.74) is 6.28. The molecule has 0 bridgehead atoms. The number of unbranched alkanes of at least 4 members (excludes halogenated alkanes) is 1. The van der Waals surface area contributed by atoms with Crippen molar-refractivity contribution in [2.75, 3.05) is 6.54 Å². The molecule has 15 heavy (non-hydrogen) atoms. The fourth-order valence-corrected chi connectivity index (χ4v) is 1.07. The Hall–Kier alpha value is -1.34. The third kappa shape index (κ3) is 5.18. The van der Waals surface area contributed by atoms with Gasteiger partial charge < -0.3 is 16.2 Å². The molecule has 0 spiro atoms. The lowest BCUT2D eigenvalue weighted by Crippen LogP contribution is -2.53. The molecule has 0 saturated heterocycles. The molecule has 0 fully saturated rings. The van der Waals surface area contributed by atoms with Gasteiger partial charge in [-0.15, -0.1) is 0 Å². The van der Waals surface area contributed by atoms with E-state index in [1.165, 1.54) is 6.92 Å². The second kappa shape index (κ2) is 6.20. The SMILES string of the molecule is C[C@@](CCCCNC(=N)N)(NN)C(=O)O. The summed E-state index contributed by atoms with van der Waals surface area (Å²) >= 11 is 0. The van der Waals surface area contributed by atoms with Gasteiger partial charge >= 0.3 is 5.97 Å². The van der Waals surface area contributed by atoms with Crippen molar-refractivity contribution in [3.8, 4) is 0 Å². The van der Waals surface area contributed by atoms with Crippen molar-refractivity contribution in [2.45, 2.75) is 31.7 Å². The van der Waals surface area contributed by atoms with Crippen LogP contribution in [0, 0.1) is 5.41 Å². The number of guanidine groups is 1. The van der Waals surface area contributed by atoms with E-state index in [0.29, 0.717) is 19.4 Å². The Morgan fingerprint density at radius 2 is 2.13 bits per heavy atom. The topological polar surface area (TPSA) is 137 Å². The smallest absolute Gasteiger partial charge is 0.324 e. The van der Waals surface area contributed by atoms with Crippen LogP contribution in [0.4, 0.5) is 0 Å². The summed E-state index contributed by atoms with van der Waals surface area (Å²) in [7, 11) is 0. The Morgan fingerprint density at radius 3 is 2.53 bits per heavy atom. The molecule has 0 amide bonds. The van der Waals surface area contributed by atoms with Gasteiger partial charge in [-0.05, 0) is 26.2 Å². The van der Waals surface area contributed by atoms with Gasteiger partial charge in [0.15, 0.2) is 5.96 Å². The summed E-state index contributed by atoms with van der Waals surface area (Å²) in [6.45, 7) is 2.10. The highest BCUT2D eigenvalue weighted by molar-refractivity contribution is 5.78. The van der Waals surface area contributed by atoms with E-state index in [9.17, 15) is 4.79 Å². The molecule has 7 nitrogen and oxygen atoms in total. The number of nitrogens with two attached hydrogens (primary N) is 2. The summed E-state index contributed by atoms with van der Waals surface area (Å²) in [5.74, 6) is 4.13. The number of carbonyl (C=O) groups is 1. The second-order valence-electron chi connectivity index (χ2n) is 3.58. The maximum atomic E-state index is 10.8. The van der Waals surface area contributed by atoms with E-state index in [2.05, 4.69) is 10.7 Å². The number of rotatable bonds is 7. The second-order valence-corrected chi connectivity index (χ2v) is 3.58. The van der Waals surface area contributed by atoms with Crippen LogP contribution in [0.5, 0.6) is 0 Å². The predicted molar refractivity (Wildman–Crippen MR) is 57.1 cm³/mol. The average Bonchev–Trinajstić information content (AvgIpc) is 2.16. The molecule has 0 heterocycles. The Morgan fingerprint density at radius 1 is 1.53 bits per heavy atom. The first kappa shape index (κ1) is 13.7.